The van der Waals surface area contributed by atoms with E-state index in [0.29, 0.717) is 41.9 Å². The first-order valence-corrected chi connectivity index (χ1v) is 11.9. The van der Waals surface area contributed by atoms with Crippen molar-refractivity contribution in [3.05, 3.63) is 30.2 Å². The number of imidazole rings is 1. The first-order chi connectivity index (χ1) is 17.9. The van der Waals surface area contributed by atoms with Gasteiger partial charge in [0.2, 0.25) is 5.95 Å². The van der Waals surface area contributed by atoms with Crippen LogP contribution in [0.1, 0.15) is 18.7 Å². The first-order valence-electron chi connectivity index (χ1n) is 11.9. The summed E-state index contributed by atoms with van der Waals surface area (Å²) in [6.45, 7) is 2.36. The van der Waals surface area contributed by atoms with Crippen LogP contribution in [0.15, 0.2) is 24.4 Å². The molecule has 0 bridgehead atoms. The molecule has 6 rings (SSSR count). The van der Waals surface area contributed by atoms with Crippen LogP contribution in [-0.2, 0) is 11.3 Å². The fourth-order valence-electron chi connectivity index (χ4n) is 4.65. The number of hydrogen-bond donors (Lipinski definition) is 2. The van der Waals surface area contributed by atoms with Gasteiger partial charge in [0, 0.05) is 18.2 Å². The summed E-state index contributed by atoms with van der Waals surface area (Å²) in [6, 6.07) is 5.24. The molecule has 38 heavy (non-hydrogen) atoms. The Morgan fingerprint density at radius 2 is 1.87 bits per heavy atom. The number of nitrogens with two attached hydrogens (primary N) is 2. The average molecular weight is 540 g/mol. The van der Waals surface area contributed by atoms with Crippen molar-refractivity contribution in [1.82, 2.24) is 34.0 Å². The topological polar surface area (TPSA) is 125 Å². The van der Waals surface area contributed by atoms with Crippen LogP contribution >= 0.6 is 0 Å². The highest BCUT2D eigenvalue weighted by Crippen LogP contribution is 2.30. The third-order valence-corrected chi connectivity index (χ3v) is 6.51. The van der Waals surface area contributed by atoms with Gasteiger partial charge in [-0.3, -0.25) is 4.90 Å². The van der Waals surface area contributed by atoms with Crippen LogP contribution in [0.4, 0.5) is 33.7 Å². The minimum atomic E-state index is -4.38. The lowest BCUT2D eigenvalue weighted by molar-refractivity contribution is -0.140. The van der Waals surface area contributed by atoms with E-state index in [1.54, 1.807) is 24.4 Å². The molecule has 0 atom stereocenters. The quantitative estimate of drug-likeness (QED) is 0.380. The number of likely N-dealkylation sites (tertiary alicyclic amines) is 1. The number of nitrogens with zero attached hydrogens (tertiary/aromatic N) is 7. The number of alkyl halides is 5. The molecule has 2 fully saturated rings. The number of hydrogen-bond acceptors (Lipinski definition) is 8. The van der Waals surface area contributed by atoms with Gasteiger partial charge >= 0.3 is 6.18 Å². The van der Waals surface area contributed by atoms with Crippen LogP contribution in [0.5, 0.6) is 0 Å². The van der Waals surface area contributed by atoms with E-state index in [-0.39, 0.29) is 42.2 Å². The zero-order chi connectivity index (χ0) is 27.2. The largest absolute Gasteiger partial charge is 0.406 e. The van der Waals surface area contributed by atoms with Crippen LogP contribution < -0.4 is 11.5 Å². The third kappa shape index (κ3) is 5.34. The molecule has 0 radical (unpaired) electrons. The minimum Gasteiger partial charge on any atom is -0.382 e. The number of anilines is 2. The standard InChI is InChI=1S/C15H13F3N8.C8H13F2NO/c1-7-21-10-3-2-9(22-13(10)25(7)6-15(16,17)18)8-4-5-26-11(8)12(19)23-14(20)24-26;9-8(10)2-1-3-11(6-8)7-4-12-5-7/h2-5H,6H2,1H3,(H4,19,20,23,24);7H,1-6H2. The zero-order valence-corrected chi connectivity index (χ0v) is 20.4. The second-order valence-corrected chi connectivity index (χ2v) is 9.40. The van der Waals surface area contributed by atoms with Crippen molar-refractivity contribution in [2.24, 2.45) is 0 Å². The van der Waals surface area contributed by atoms with Crippen molar-refractivity contribution >= 4 is 28.4 Å². The number of nitrogen functional groups attached to an aromatic ring is 2. The Balaban J connectivity index is 0.000000204. The number of piperidine rings is 1. The van der Waals surface area contributed by atoms with Crippen molar-refractivity contribution in [1.29, 1.82) is 0 Å². The Morgan fingerprint density at radius 3 is 2.53 bits per heavy atom. The fraction of sp³-hybridized carbons (Fsp3) is 0.478. The van der Waals surface area contributed by atoms with E-state index in [2.05, 4.69) is 20.1 Å². The molecule has 0 amide bonds. The summed E-state index contributed by atoms with van der Waals surface area (Å²) in [6.07, 6.45) is -2.08. The van der Waals surface area contributed by atoms with Gasteiger partial charge in [-0.1, -0.05) is 0 Å². The first kappa shape index (κ1) is 26.0. The molecule has 15 heteroatoms. The SMILES string of the molecule is Cc1nc2ccc(-c3ccn4nc(N)nc(N)c34)nc2n1CC(F)(F)F.FC1(F)CCCN(C2COC2)C1. The van der Waals surface area contributed by atoms with Gasteiger partial charge in [-0.15, -0.1) is 5.10 Å². The monoisotopic (exact) mass is 539 g/mol. The highest BCUT2D eigenvalue weighted by molar-refractivity contribution is 5.88. The van der Waals surface area contributed by atoms with Crippen molar-refractivity contribution in [2.45, 2.75) is 44.5 Å². The Labute approximate surface area is 213 Å². The van der Waals surface area contributed by atoms with Gasteiger partial charge in [-0.2, -0.15) is 18.2 Å². The van der Waals surface area contributed by atoms with Crippen molar-refractivity contribution in [3.63, 3.8) is 0 Å². The molecule has 0 aliphatic carbocycles. The molecule has 10 nitrogen and oxygen atoms in total. The maximum Gasteiger partial charge on any atom is 0.406 e. The number of ether oxygens (including phenoxy) is 1. The Kier molecular flexibility index (Phi) is 6.59. The fourth-order valence-corrected chi connectivity index (χ4v) is 4.65. The number of rotatable bonds is 3. The molecule has 0 spiro atoms. The molecule has 0 saturated carbocycles. The van der Waals surface area contributed by atoms with Gasteiger partial charge in [0.05, 0.1) is 31.5 Å². The third-order valence-electron chi connectivity index (χ3n) is 6.51. The highest BCUT2D eigenvalue weighted by atomic mass is 19.4. The van der Waals surface area contributed by atoms with Gasteiger partial charge in [-0.05, 0) is 38.1 Å². The van der Waals surface area contributed by atoms with Crippen molar-refractivity contribution < 1.29 is 26.7 Å². The van der Waals surface area contributed by atoms with E-state index in [0.717, 1.165) is 11.1 Å². The molecule has 2 saturated heterocycles. The predicted molar refractivity (Wildman–Crippen MR) is 129 cm³/mol. The highest BCUT2D eigenvalue weighted by Gasteiger charge is 2.39. The summed E-state index contributed by atoms with van der Waals surface area (Å²) in [7, 11) is 0. The molecule has 4 aromatic heterocycles. The maximum atomic E-state index is 12.9. The number of pyridine rings is 1. The second-order valence-electron chi connectivity index (χ2n) is 9.40. The molecule has 4 aromatic rings. The second kappa shape index (κ2) is 9.62. The lowest BCUT2D eigenvalue weighted by atomic mass is 10.0. The molecule has 0 unspecified atom stereocenters. The maximum absolute atomic E-state index is 12.9. The minimum absolute atomic E-state index is 0.0134. The van der Waals surface area contributed by atoms with E-state index in [9.17, 15) is 22.0 Å². The van der Waals surface area contributed by atoms with Crippen LogP contribution in [0.3, 0.4) is 0 Å². The molecule has 6 heterocycles. The van der Waals surface area contributed by atoms with Crippen molar-refractivity contribution in [3.8, 4) is 11.3 Å². The molecule has 2 aliphatic rings. The number of aromatic nitrogens is 6. The van der Waals surface area contributed by atoms with Gasteiger partial charge in [0.15, 0.2) is 11.5 Å². The summed E-state index contributed by atoms with van der Waals surface area (Å²) >= 11 is 0. The Morgan fingerprint density at radius 1 is 1.11 bits per heavy atom. The van der Waals surface area contributed by atoms with E-state index in [4.69, 9.17) is 16.2 Å². The number of halogens is 5. The van der Waals surface area contributed by atoms with Gasteiger partial charge < -0.3 is 20.8 Å². The summed E-state index contributed by atoms with van der Waals surface area (Å²) in [5, 5.41) is 4.02. The van der Waals surface area contributed by atoms with E-state index in [1.165, 1.54) is 11.4 Å². The van der Waals surface area contributed by atoms with Crippen molar-refractivity contribution in [2.75, 3.05) is 37.8 Å². The van der Waals surface area contributed by atoms with Crippen LogP contribution in [-0.4, -0.2) is 78.5 Å². The average Bonchev–Trinajstić information content (AvgIpc) is 3.32. The zero-order valence-electron chi connectivity index (χ0n) is 20.4. The van der Waals surface area contributed by atoms with E-state index >= 15 is 0 Å². The molecule has 0 aromatic carbocycles. The lowest BCUT2D eigenvalue weighted by Crippen LogP contribution is -2.55. The van der Waals surface area contributed by atoms with Gasteiger partial charge in [0.1, 0.15) is 23.4 Å². The summed E-state index contributed by atoms with van der Waals surface area (Å²) in [4.78, 5) is 14.3. The van der Waals surface area contributed by atoms with Gasteiger partial charge in [0.25, 0.3) is 5.92 Å². The van der Waals surface area contributed by atoms with E-state index < -0.39 is 18.6 Å². The Bertz CT molecular complexity index is 1460. The Hall–Kier alpha value is -3.59. The molecular weight excluding hydrogens is 513 g/mol. The number of aryl methyl sites for hydroxylation is 1. The van der Waals surface area contributed by atoms with Crippen LogP contribution in [0, 0.1) is 6.92 Å². The van der Waals surface area contributed by atoms with Crippen LogP contribution in [0.2, 0.25) is 0 Å². The lowest BCUT2D eigenvalue weighted by Gasteiger charge is -2.41. The smallest absolute Gasteiger partial charge is 0.382 e. The summed E-state index contributed by atoms with van der Waals surface area (Å²) < 4.78 is 71.9. The van der Waals surface area contributed by atoms with Gasteiger partial charge in [-0.25, -0.2) is 23.3 Å². The summed E-state index contributed by atoms with van der Waals surface area (Å²) in [5.74, 6) is -2.06. The number of fused-ring (bicyclic) bond motifs is 2. The molecule has 204 valence electrons. The van der Waals surface area contributed by atoms with E-state index in [1.807, 2.05) is 4.90 Å². The summed E-state index contributed by atoms with van der Waals surface area (Å²) in [5.41, 5.74) is 13.5. The molecular formula is C23H26F5N9O. The van der Waals surface area contributed by atoms with Crippen LogP contribution in [0.25, 0.3) is 27.9 Å². The molecule has 2 aliphatic heterocycles. The predicted octanol–water partition coefficient (Wildman–Crippen LogP) is 3.29. The molecule has 4 N–H and O–H groups in total. The normalized spacial score (nSPS) is 18.4.